The summed E-state index contributed by atoms with van der Waals surface area (Å²) in [5, 5.41) is 11.5. The molecular formula is C18H17IN4O2S2. The first-order valence-corrected chi connectivity index (χ1v) is 9.85. The van der Waals surface area contributed by atoms with Crippen molar-refractivity contribution < 1.29 is 9.59 Å². The molecule has 0 aliphatic rings. The van der Waals surface area contributed by atoms with Crippen molar-refractivity contribution in [2.75, 3.05) is 10.6 Å². The molecule has 0 heterocycles. The fraction of sp³-hybridized carbons (Fsp3) is 0.111. The number of nitrogens with one attached hydrogen (secondary N) is 4. The second kappa shape index (κ2) is 10.3. The molecule has 2 amide bonds. The average molecular weight is 512 g/mol. The molecule has 0 aliphatic heterocycles. The molecule has 0 aromatic heterocycles. The Bertz CT molecular complexity index is 855. The van der Waals surface area contributed by atoms with Gasteiger partial charge in [-0.25, -0.2) is 0 Å². The van der Waals surface area contributed by atoms with Gasteiger partial charge in [0.05, 0.1) is 0 Å². The Morgan fingerprint density at radius 3 is 1.81 bits per heavy atom. The molecule has 2 rings (SSSR count). The topological polar surface area (TPSA) is 82.3 Å². The molecule has 0 atom stereocenters. The van der Waals surface area contributed by atoms with Crippen LogP contribution < -0.4 is 21.3 Å². The maximum Gasteiger partial charge on any atom is 0.257 e. The van der Waals surface area contributed by atoms with Gasteiger partial charge in [0.2, 0.25) is 5.91 Å². The van der Waals surface area contributed by atoms with Crippen LogP contribution in [0.5, 0.6) is 0 Å². The van der Waals surface area contributed by atoms with E-state index in [1.165, 1.54) is 0 Å². The predicted octanol–water partition coefficient (Wildman–Crippen LogP) is 3.64. The van der Waals surface area contributed by atoms with Crippen LogP contribution in [0.1, 0.15) is 23.7 Å². The van der Waals surface area contributed by atoms with Gasteiger partial charge in [-0.05, 0) is 95.6 Å². The number of carbonyl (C=O) groups excluding carboxylic acids is 2. The van der Waals surface area contributed by atoms with Gasteiger partial charge in [-0.15, -0.1) is 0 Å². The van der Waals surface area contributed by atoms with Gasteiger partial charge in [-0.2, -0.15) is 0 Å². The van der Waals surface area contributed by atoms with Gasteiger partial charge in [0.1, 0.15) is 0 Å². The zero-order valence-corrected chi connectivity index (χ0v) is 18.1. The summed E-state index contributed by atoms with van der Waals surface area (Å²) in [6.45, 7) is 1.75. The van der Waals surface area contributed by atoms with Crippen molar-refractivity contribution in [3.8, 4) is 0 Å². The smallest absolute Gasteiger partial charge is 0.257 e. The monoisotopic (exact) mass is 512 g/mol. The summed E-state index contributed by atoms with van der Waals surface area (Å²) in [7, 11) is 0. The summed E-state index contributed by atoms with van der Waals surface area (Å²) in [6, 6.07) is 14.3. The maximum absolute atomic E-state index is 12.1. The number of anilines is 2. The fourth-order valence-corrected chi connectivity index (χ4v) is 2.75. The molecule has 0 fully saturated rings. The number of carbonyl (C=O) groups is 2. The molecule has 2 aromatic carbocycles. The molecule has 9 heteroatoms. The summed E-state index contributed by atoms with van der Waals surface area (Å²) in [5.41, 5.74) is 1.95. The van der Waals surface area contributed by atoms with E-state index in [1.807, 2.05) is 12.1 Å². The first-order valence-electron chi connectivity index (χ1n) is 7.96. The van der Waals surface area contributed by atoms with Gasteiger partial charge in [0.15, 0.2) is 10.2 Å². The largest absolute Gasteiger partial charge is 0.332 e. The third kappa shape index (κ3) is 7.19. The number of hydrogen-bond donors (Lipinski definition) is 4. The lowest BCUT2D eigenvalue weighted by Gasteiger charge is -2.12. The van der Waals surface area contributed by atoms with Gasteiger partial charge in [0.25, 0.3) is 5.91 Å². The average Bonchev–Trinajstić information content (AvgIpc) is 2.63. The number of rotatable bonds is 4. The normalized spacial score (nSPS) is 9.85. The van der Waals surface area contributed by atoms with Gasteiger partial charge in [-0.1, -0.05) is 6.92 Å². The Morgan fingerprint density at radius 1 is 0.852 bits per heavy atom. The van der Waals surface area contributed by atoms with Crippen LogP contribution in [0.2, 0.25) is 0 Å². The van der Waals surface area contributed by atoms with Crippen LogP contribution in [0.15, 0.2) is 48.5 Å². The van der Waals surface area contributed by atoms with Crippen molar-refractivity contribution in [3.05, 3.63) is 57.7 Å². The molecule has 6 nitrogen and oxygen atoms in total. The number of thiocarbonyl (C=S) groups is 2. The van der Waals surface area contributed by atoms with Gasteiger partial charge in [-0.3, -0.25) is 14.9 Å². The number of halogens is 1. The minimum absolute atomic E-state index is 0.153. The second-order valence-corrected chi connectivity index (χ2v) is 7.41. The van der Waals surface area contributed by atoms with Crippen LogP contribution in [-0.4, -0.2) is 22.0 Å². The molecule has 0 spiro atoms. The summed E-state index contributed by atoms with van der Waals surface area (Å²) in [4.78, 5) is 23.4. The van der Waals surface area contributed by atoms with Crippen molar-refractivity contribution in [1.82, 2.24) is 10.6 Å². The summed E-state index contributed by atoms with van der Waals surface area (Å²) < 4.78 is 1.05. The van der Waals surface area contributed by atoms with E-state index in [0.29, 0.717) is 17.7 Å². The van der Waals surface area contributed by atoms with Crippen LogP contribution in [0, 0.1) is 3.57 Å². The number of hydrogen-bond acceptors (Lipinski definition) is 4. The van der Waals surface area contributed by atoms with Gasteiger partial charge in [0, 0.05) is 26.9 Å². The highest BCUT2D eigenvalue weighted by atomic mass is 127. The Kier molecular flexibility index (Phi) is 8.07. The Morgan fingerprint density at radius 2 is 1.33 bits per heavy atom. The minimum atomic E-state index is -0.279. The van der Waals surface area contributed by atoms with E-state index in [1.54, 1.807) is 43.3 Å². The van der Waals surface area contributed by atoms with E-state index in [2.05, 4.69) is 43.9 Å². The standard InChI is InChI=1S/C18H17IN4O2S2/c1-2-15(24)22-17(26)20-13-7-9-14(10-8-13)21-18(27)23-16(25)11-3-5-12(19)6-4-11/h3-10H,2H2,1H3,(H2,20,22,24,26)(H2,21,23,25,27). The van der Waals surface area contributed by atoms with E-state index < -0.39 is 0 Å². The van der Waals surface area contributed by atoms with Crippen LogP contribution >= 0.6 is 47.0 Å². The molecule has 140 valence electrons. The zero-order valence-electron chi connectivity index (χ0n) is 14.3. The second-order valence-electron chi connectivity index (χ2n) is 5.35. The highest BCUT2D eigenvalue weighted by molar-refractivity contribution is 14.1. The quantitative estimate of drug-likeness (QED) is 0.370. The lowest BCUT2D eigenvalue weighted by atomic mass is 10.2. The van der Waals surface area contributed by atoms with Crippen LogP contribution in [-0.2, 0) is 4.79 Å². The minimum Gasteiger partial charge on any atom is -0.332 e. The predicted molar refractivity (Wildman–Crippen MR) is 124 cm³/mol. The fourth-order valence-electron chi connectivity index (χ4n) is 1.95. The Balaban J connectivity index is 1.87. The highest BCUT2D eigenvalue weighted by Crippen LogP contribution is 2.13. The highest BCUT2D eigenvalue weighted by Gasteiger charge is 2.08. The van der Waals surface area contributed by atoms with Gasteiger partial charge < -0.3 is 16.0 Å². The third-order valence-electron chi connectivity index (χ3n) is 3.31. The first kappa shape index (κ1) is 21.2. The van der Waals surface area contributed by atoms with E-state index in [9.17, 15) is 9.59 Å². The van der Waals surface area contributed by atoms with Crippen molar-refractivity contribution in [2.24, 2.45) is 0 Å². The number of benzene rings is 2. The molecule has 0 radical (unpaired) electrons. The molecule has 0 saturated heterocycles. The van der Waals surface area contributed by atoms with Gasteiger partial charge >= 0.3 is 0 Å². The molecule has 4 N–H and O–H groups in total. The van der Waals surface area contributed by atoms with E-state index in [4.69, 9.17) is 24.4 Å². The molecule has 0 bridgehead atoms. The van der Waals surface area contributed by atoms with Crippen molar-refractivity contribution in [2.45, 2.75) is 13.3 Å². The maximum atomic E-state index is 12.1. The SMILES string of the molecule is CCC(=O)NC(=S)Nc1ccc(NC(=S)NC(=O)c2ccc(I)cc2)cc1. The molecule has 0 unspecified atom stereocenters. The molecular weight excluding hydrogens is 495 g/mol. The summed E-state index contributed by atoms with van der Waals surface area (Å²) >= 11 is 12.4. The lowest BCUT2D eigenvalue weighted by Crippen LogP contribution is -2.34. The van der Waals surface area contributed by atoms with Crippen LogP contribution in [0.25, 0.3) is 0 Å². The van der Waals surface area contributed by atoms with Crippen LogP contribution in [0.4, 0.5) is 11.4 Å². The Labute approximate surface area is 181 Å². The van der Waals surface area contributed by atoms with E-state index >= 15 is 0 Å². The Hall–Kier alpha value is -2.11. The molecule has 0 aliphatic carbocycles. The summed E-state index contributed by atoms with van der Waals surface area (Å²) in [6.07, 6.45) is 0.357. The summed E-state index contributed by atoms with van der Waals surface area (Å²) in [5.74, 6) is -0.431. The van der Waals surface area contributed by atoms with Crippen LogP contribution in [0.3, 0.4) is 0 Å². The molecule has 2 aromatic rings. The van der Waals surface area contributed by atoms with E-state index in [0.717, 1.165) is 9.26 Å². The molecule has 0 saturated carbocycles. The van der Waals surface area contributed by atoms with Crippen molar-refractivity contribution in [3.63, 3.8) is 0 Å². The van der Waals surface area contributed by atoms with Crippen molar-refractivity contribution in [1.29, 1.82) is 0 Å². The van der Waals surface area contributed by atoms with E-state index in [-0.39, 0.29) is 22.0 Å². The zero-order chi connectivity index (χ0) is 19.8. The molecule has 27 heavy (non-hydrogen) atoms. The van der Waals surface area contributed by atoms with Crippen molar-refractivity contribution >= 4 is 80.4 Å². The third-order valence-corrected chi connectivity index (χ3v) is 4.44. The number of amides is 2. The first-order chi connectivity index (χ1) is 12.9. The lowest BCUT2D eigenvalue weighted by molar-refractivity contribution is -0.119.